The molecule has 7 nitrogen and oxygen atoms in total. The number of aromatic amines is 1. The number of rotatable bonds is 6. The van der Waals surface area contributed by atoms with Crippen LogP contribution in [-0.2, 0) is 20.8 Å². The molecule has 0 bridgehead atoms. The number of hydrogen-bond donors (Lipinski definition) is 1. The van der Waals surface area contributed by atoms with Crippen LogP contribution in [-0.4, -0.2) is 76.7 Å². The summed E-state index contributed by atoms with van der Waals surface area (Å²) in [5.41, 5.74) is 2.26. The van der Waals surface area contributed by atoms with Gasteiger partial charge in [-0.15, -0.1) is 0 Å². The zero-order chi connectivity index (χ0) is 20.1. The molecule has 1 aromatic carbocycles. The number of hydrogen-bond acceptors (Lipinski definition) is 3. The monoisotopic (exact) mass is 384 g/mol. The molecular formula is C21H28N4O3. The van der Waals surface area contributed by atoms with Gasteiger partial charge in [0.2, 0.25) is 17.7 Å². The van der Waals surface area contributed by atoms with Crippen molar-refractivity contribution >= 4 is 28.6 Å². The number of nitrogens with zero attached hydrogens (tertiary/aromatic N) is 3. The Bertz CT molecular complexity index is 852. The normalized spacial score (nSPS) is 14.4. The van der Waals surface area contributed by atoms with Crippen LogP contribution in [0, 0.1) is 0 Å². The molecule has 0 unspecified atom stereocenters. The summed E-state index contributed by atoms with van der Waals surface area (Å²) < 4.78 is 0. The molecule has 0 spiro atoms. The predicted molar refractivity (Wildman–Crippen MR) is 108 cm³/mol. The van der Waals surface area contributed by atoms with Crippen molar-refractivity contribution in [2.24, 2.45) is 0 Å². The third-order valence-electron chi connectivity index (χ3n) is 5.44. The molecule has 0 radical (unpaired) electrons. The molecule has 28 heavy (non-hydrogen) atoms. The smallest absolute Gasteiger partial charge is 0.224 e. The molecule has 7 heteroatoms. The second-order valence-electron chi connectivity index (χ2n) is 7.25. The lowest BCUT2D eigenvalue weighted by Gasteiger charge is -2.34. The number of benzene rings is 1. The van der Waals surface area contributed by atoms with Crippen molar-refractivity contribution < 1.29 is 14.4 Å². The van der Waals surface area contributed by atoms with E-state index >= 15 is 0 Å². The van der Waals surface area contributed by atoms with E-state index < -0.39 is 0 Å². The number of H-pyrrole nitrogens is 1. The Morgan fingerprint density at radius 1 is 1.00 bits per heavy atom. The number of carbonyl (C=O) groups is 3. The fraction of sp³-hybridized carbons (Fsp3) is 0.476. The molecule has 3 amide bonds. The molecule has 1 saturated heterocycles. The molecule has 1 aliphatic rings. The van der Waals surface area contributed by atoms with Crippen LogP contribution in [0.3, 0.4) is 0 Å². The van der Waals surface area contributed by atoms with Crippen LogP contribution < -0.4 is 0 Å². The SMILES string of the molecule is CC(=O)N(CCC(=O)N1CCN(C(C)=O)CC1)CCc1c[nH]c2ccccc12. The number of para-hydroxylation sites is 1. The highest BCUT2D eigenvalue weighted by Gasteiger charge is 2.23. The van der Waals surface area contributed by atoms with E-state index in [0.29, 0.717) is 45.7 Å². The van der Waals surface area contributed by atoms with Gasteiger partial charge in [-0.2, -0.15) is 0 Å². The number of amides is 3. The van der Waals surface area contributed by atoms with Crippen LogP contribution in [0.2, 0.25) is 0 Å². The van der Waals surface area contributed by atoms with Gasteiger partial charge < -0.3 is 19.7 Å². The molecule has 2 heterocycles. The quantitative estimate of drug-likeness (QED) is 0.823. The van der Waals surface area contributed by atoms with E-state index in [0.717, 1.165) is 11.9 Å². The first-order valence-corrected chi connectivity index (χ1v) is 9.79. The molecule has 1 fully saturated rings. The van der Waals surface area contributed by atoms with Gasteiger partial charge in [0.25, 0.3) is 0 Å². The third kappa shape index (κ3) is 4.71. The molecule has 3 rings (SSSR count). The summed E-state index contributed by atoms with van der Waals surface area (Å²) in [6.07, 6.45) is 3.05. The lowest BCUT2D eigenvalue weighted by Crippen LogP contribution is -2.50. The average molecular weight is 384 g/mol. The molecular weight excluding hydrogens is 356 g/mol. The Kier molecular flexibility index (Phi) is 6.34. The summed E-state index contributed by atoms with van der Waals surface area (Å²) >= 11 is 0. The lowest BCUT2D eigenvalue weighted by atomic mass is 10.1. The molecule has 0 aliphatic carbocycles. The lowest BCUT2D eigenvalue weighted by molar-refractivity contribution is -0.139. The van der Waals surface area contributed by atoms with Crippen molar-refractivity contribution in [2.75, 3.05) is 39.3 Å². The van der Waals surface area contributed by atoms with Gasteiger partial charge in [-0.05, 0) is 18.1 Å². The Morgan fingerprint density at radius 2 is 1.68 bits per heavy atom. The summed E-state index contributed by atoms with van der Waals surface area (Å²) in [5, 5.41) is 1.17. The summed E-state index contributed by atoms with van der Waals surface area (Å²) in [7, 11) is 0. The zero-order valence-corrected chi connectivity index (χ0v) is 16.6. The molecule has 0 saturated carbocycles. The maximum Gasteiger partial charge on any atom is 0.224 e. The van der Waals surface area contributed by atoms with E-state index in [4.69, 9.17) is 0 Å². The summed E-state index contributed by atoms with van der Waals surface area (Å²) in [5.74, 6) is 0.0720. The van der Waals surface area contributed by atoms with Crippen LogP contribution in [0.5, 0.6) is 0 Å². The first-order valence-electron chi connectivity index (χ1n) is 9.79. The van der Waals surface area contributed by atoms with Crippen LogP contribution in [0.25, 0.3) is 10.9 Å². The van der Waals surface area contributed by atoms with Gasteiger partial charge in [-0.1, -0.05) is 18.2 Å². The van der Waals surface area contributed by atoms with Crippen molar-refractivity contribution in [3.05, 3.63) is 36.0 Å². The molecule has 2 aromatic rings. The van der Waals surface area contributed by atoms with E-state index in [1.54, 1.807) is 28.5 Å². The highest BCUT2D eigenvalue weighted by molar-refractivity contribution is 5.83. The van der Waals surface area contributed by atoms with Crippen molar-refractivity contribution in [3.63, 3.8) is 0 Å². The van der Waals surface area contributed by atoms with Gasteiger partial charge in [0.05, 0.1) is 0 Å². The van der Waals surface area contributed by atoms with Gasteiger partial charge in [0, 0.05) is 76.6 Å². The zero-order valence-electron chi connectivity index (χ0n) is 16.6. The fourth-order valence-corrected chi connectivity index (χ4v) is 3.68. The number of nitrogens with one attached hydrogen (secondary N) is 1. The van der Waals surface area contributed by atoms with E-state index in [-0.39, 0.29) is 17.7 Å². The first-order chi connectivity index (χ1) is 13.5. The Morgan fingerprint density at radius 3 is 2.36 bits per heavy atom. The van der Waals surface area contributed by atoms with Gasteiger partial charge in [-0.3, -0.25) is 14.4 Å². The minimum Gasteiger partial charge on any atom is -0.361 e. The molecule has 1 aliphatic heterocycles. The average Bonchev–Trinajstić information content (AvgIpc) is 3.10. The minimum absolute atomic E-state index is 0.0194. The van der Waals surface area contributed by atoms with Crippen molar-refractivity contribution in [2.45, 2.75) is 26.7 Å². The molecule has 1 aromatic heterocycles. The van der Waals surface area contributed by atoms with Crippen LogP contribution in [0.4, 0.5) is 0 Å². The molecule has 0 atom stereocenters. The van der Waals surface area contributed by atoms with Crippen LogP contribution in [0.15, 0.2) is 30.5 Å². The van der Waals surface area contributed by atoms with Gasteiger partial charge in [0.15, 0.2) is 0 Å². The molecule has 1 N–H and O–H groups in total. The van der Waals surface area contributed by atoms with Gasteiger partial charge in [-0.25, -0.2) is 0 Å². The van der Waals surface area contributed by atoms with Crippen LogP contribution >= 0.6 is 0 Å². The molecule has 150 valence electrons. The number of fused-ring (bicyclic) bond motifs is 1. The third-order valence-corrected chi connectivity index (χ3v) is 5.44. The van der Waals surface area contributed by atoms with E-state index in [1.165, 1.54) is 10.9 Å². The number of carbonyl (C=O) groups excluding carboxylic acids is 3. The van der Waals surface area contributed by atoms with Crippen molar-refractivity contribution in [1.29, 1.82) is 0 Å². The second kappa shape index (κ2) is 8.91. The van der Waals surface area contributed by atoms with E-state index in [2.05, 4.69) is 11.1 Å². The minimum atomic E-state index is -0.0194. The summed E-state index contributed by atoms with van der Waals surface area (Å²) in [4.78, 5) is 44.4. The first kappa shape index (κ1) is 19.9. The largest absolute Gasteiger partial charge is 0.361 e. The maximum atomic E-state index is 12.5. The number of aromatic nitrogens is 1. The summed E-state index contributed by atoms with van der Waals surface area (Å²) in [6, 6.07) is 8.11. The van der Waals surface area contributed by atoms with Crippen LogP contribution in [0.1, 0.15) is 25.8 Å². The Labute approximate surface area is 165 Å². The second-order valence-corrected chi connectivity index (χ2v) is 7.25. The summed E-state index contributed by atoms with van der Waals surface area (Å²) in [6.45, 7) is 6.39. The topological polar surface area (TPSA) is 76.7 Å². The standard InChI is InChI=1S/C21H28N4O3/c1-16(26)23(9-7-18-15-22-20-6-4-3-5-19(18)20)10-8-21(28)25-13-11-24(12-14-25)17(2)27/h3-6,15,22H,7-14H2,1-2H3. The van der Waals surface area contributed by atoms with Gasteiger partial charge >= 0.3 is 0 Å². The highest BCUT2D eigenvalue weighted by atomic mass is 16.2. The maximum absolute atomic E-state index is 12.5. The van der Waals surface area contributed by atoms with E-state index in [9.17, 15) is 14.4 Å². The Balaban J connectivity index is 1.50. The Hall–Kier alpha value is -2.83. The van der Waals surface area contributed by atoms with E-state index in [1.807, 2.05) is 24.4 Å². The number of piperazine rings is 1. The highest BCUT2D eigenvalue weighted by Crippen LogP contribution is 2.18. The fourth-order valence-electron chi connectivity index (χ4n) is 3.68. The van der Waals surface area contributed by atoms with Gasteiger partial charge in [0.1, 0.15) is 0 Å². The predicted octanol–water partition coefficient (Wildman–Crippen LogP) is 1.64. The van der Waals surface area contributed by atoms with Crippen molar-refractivity contribution in [3.8, 4) is 0 Å². The van der Waals surface area contributed by atoms with Crippen molar-refractivity contribution in [1.82, 2.24) is 19.7 Å².